The number of carbonyl (C=O) groups is 1. The summed E-state index contributed by atoms with van der Waals surface area (Å²) in [7, 11) is 0. The molecule has 0 unspecified atom stereocenters. The number of anilines is 1. The Morgan fingerprint density at radius 2 is 1.88 bits per heavy atom. The molecule has 0 amide bonds. The van der Waals surface area contributed by atoms with Gasteiger partial charge in [0.05, 0.1) is 12.0 Å². The topological polar surface area (TPSA) is 77.9 Å². The van der Waals surface area contributed by atoms with Crippen molar-refractivity contribution >= 4 is 11.9 Å². The van der Waals surface area contributed by atoms with E-state index in [1.165, 1.54) is 0 Å². The molecule has 5 heteroatoms. The zero-order chi connectivity index (χ0) is 13.0. The van der Waals surface area contributed by atoms with Crippen LogP contribution in [0.2, 0.25) is 0 Å². The molecule has 94 valence electrons. The molecule has 1 atom stereocenters. The number of nitrogens with zero attached hydrogens (tertiary/aromatic N) is 2. The monoisotopic (exact) mass is 236 g/mol. The fraction of sp³-hybridized carbons (Fsp3) is 0.583. The van der Waals surface area contributed by atoms with Crippen LogP contribution in [0.5, 0.6) is 0 Å². The minimum Gasteiger partial charge on any atom is -0.548 e. The fourth-order valence-corrected chi connectivity index (χ4v) is 1.63. The lowest BCUT2D eigenvalue weighted by Gasteiger charge is -2.21. The van der Waals surface area contributed by atoms with Crippen molar-refractivity contribution in [1.29, 1.82) is 0 Å². The van der Waals surface area contributed by atoms with Crippen LogP contribution in [0.3, 0.4) is 0 Å². The summed E-state index contributed by atoms with van der Waals surface area (Å²) in [5.74, 6) is -0.518. The Morgan fingerprint density at radius 3 is 2.29 bits per heavy atom. The van der Waals surface area contributed by atoms with E-state index in [0.717, 1.165) is 11.4 Å². The van der Waals surface area contributed by atoms with Crippen LogP contribution < -0.4 is 10.4 Å². The maximum atomic E-state index is 11.0. The van der Waals surface area contributed by atoms with Crippen LogP contribution in [0.4, 0.5) is 5.95 Å². The Labute approximate surface area is 101 Å². The van der Waals surface area contributed by atoms with Crippen LogP contribution >= 0.6 is 0 Å². The minimum atomic E-state index is -1.12. The molecule has 0 saturated carbocycles. The molecule has 0 aliphatic rings. The molecule has 1 heterocycles. The summed E-state index contributed by atoms with van der Waals surface area (Å²) in [6, 6.07) is 1.08. The number of aryl methyl sites for hydroxylation is 2. The van der Waals surface area contributed by atoms with E-state index in [1.54, 1.807) is 0 Å². The van der Waals surface area contributed by atoms with Crippen LogP contribution in [0.1, 0.15) is 31.7 Å². The van der Waals surface area contributed by atoms with Gasteiger partial charge in [-0.25, -0.2) is 9.97 Å². The normalized spacial score (nSPS) is 12.5. The van der Waals surface area contributed by atoms with Crippen LogP contribution in [0.15, 0.2) is 6.07 Å². The Hall–Kier alpha value is -1.65. The van der Waals surface area contributed by atoms with Crippen molar-refractivity contribution in [3.63, 3.8) is 0 Å². The van der Waals surface area contributed by atoms with Crippen LogP contribution in [0, 0.1) is 19.8 Å². The SMILES string of the molecule is Cc1cc(C)nc(N[C@H](CC(C)C)C(=O)[O-])n1. The molecule has 0 aliphatic heterocycles. The highest BCUT2D eigenvalue weighted by Gasteiger charge is 2.13. The number of aliphatic carboxylic acids is 1. The number of aromatic nitrogens is 2. The Bertz CT molecular complexity index is 384. The van der Waals surface area contributed by atoms with Gasteiger partial charge in [-0.1, -0.05) is 13.8 Å². The molecule has 1 aromatic rings. The van der Waals surface area contributed by atoms with E-state index in [9.17, 15) is 9.90 Å². The fourth-order valence-electron chi connectivity index (χ4n) is 1.63. The van der Waals surface area contributed by atoms with Crippen molar-refractivity contribution in [3.05, 3.63) is 17.5 Å². The zero-order valence-electron chi connectivity index (χ0n) is 10.7. The summed E-state index contributed by atoms with van der Waals surface area (Å²) in [6.07, 6.45) is 0.485. The van der Waals surface area contributed by atoms with Crippen molar-refractivity contribution in [2.45, 2.75) is 40.2 Å². The van der Waals surface area contributed by atoms with E-state index in [-0.39, 0.29) is 5.92 Å². The van der Waals surface area contributed by atoms with Gasteiger partial charge in [0.25, 0.3) is 0 Å². The van der Waals surface area contributed by atoms with E-state index in [2.05, 4.69) is 15.3 Å². The van der Waals surface area contributed by atoms with Gasteiger partial charge >= 0.3 is 0 Å². The number of nitrogens with one attached hydrogen (secondary N) is 1. The molecule has 0 aliphatic carbocycles. The highest BCUT2D eigenvalue weighted by Crippen LogP contribution is 2.10. The third kappa shape index (κ3) is 4.38. The third-order valence-corrected chi connectivity index (χ3v) is 2.28. The summed E-state index contributed by atoms with van der Waals surface area (Å²) < 4.78 is 0. The lowest BCUT2D eigenvalue weighted by molar-refractivity contribution is -0.307. The van der Waals surface area contributed by atoms with Gasteiger partial charge in [0.15, 0.2) is 0 Å². The first-order chi connectivity index (χ1) is 7.88. The van der Waals surface area contributed by atoms with Gasteiger partial charge < -0.3 is 15.2 Å². The number of hydrogen-bond donors (Lipinski definition) is 1. The average molecular weight is 236 g/mol. The second kappa shape index (κ2) is 5.61. The number of carbonyl (C=O) groups excluding carboxylic acids is 1. The van der Waals surface area contributed by atoms with Crippen LogP contribution in [0.25, 0.3) is 0 Å². The number of carboxylic acid groups (broad SMARTS) is 1. The van der Waals surface area contributed by atoms with Crippen molar-refractivity contribution in [2.75, 3.05) is 5.32 Å². The van der Waals surface area contributed by atoms with Crippen LogP contribution in [-0.4, -0.2) is 22.0 Å². The minimum absolute atomic E-state index is 0.260. The number of rotatable bonds is 5. The van der Waals surface area contributed by atoms with Gasteiger partial charge in [-0.2, -0.15) is 0 Å². The van der Waals surface area contributed by atoms with Gasteiger partial charge in [-0.3, -0.25) is 0 Å². The largest absolute Gasteiger partial charge is 0.548 e. The molecule has 0 saturated heterocycles. The standard InChI is InChI=1S/C12H19N3O2/c1-7(2)5-10(11(16)17)15-12-13-8(3)6-9(4)14-12/h6-7,10H,5H2,1-4H3,(H,16,17)(H,13,14,15)/p-1/t10-/m1/s1. The molecule has 17 heavy (non-hydrogen) atoms. The predicted octanol–water partition coefficient (Wildman–Crippen LogP) is 0.670. The summed E-state index contributed by atoms with van der Waals surface area (Å²) in [4.78, 5) is 19.3. The van der Waals surface area contributed by atoms with E-state index in [4.69, 9.17) is 0 Å². The van der Waals surface area contributed by atoms with Gasteiger partial charge in [0.1, 0.15) is 0 Å². The highest BCUT2D eigenvalue weighted by molar-refractivity contribution is 5.74. The molecule has 1 aromatic heterocycles. The first kappa shape index (κ1) is 13.4. The lowest BCUT2D eigenvalue weighted by atomic mass is 10.0. The van der Waals surface area contributed by atoms with Crippen molar-refractivity contribution in [2.24, 2.45) is 5.92 Å². The summed E-state index contributed by atoms with van der Waals surface area (Å²) in [6.45, 7) is 7.60. The molecule has 0 fully saturated rings. The predicted molar refractivity (Wildman–Crippen MR) is 63.4 cm³/mol. The summed E-state index contributed by atoms with van der Waals surface area (Å²) in [5, 5.41) is 13.8. The highest BCUT2D eigenvalue weighted by atomic mass is 16.4. The second-order valence-corrected chi connectivity index (χ2v) is 4.62. The van der Waals surface area contributed by atoms with Crippen LogP contribution in [-0.2, 0) is 4.79 Å². The Balaban J connectivity index is 2.82. The quantitative estimate of drug-likeness (QED) is 0.813. The lowest BCUT2D eigenvalue weighted by Crippen LogP contribution is -2.42. The molecule has 1 rings (SSSR count). The van der Waals surface area contributed by atoms with Gasteiger partial charge in [0, 0.05) is 11.4 Å². The average Bonchev–Trinajstić information content (AvgIpc) is 2.13. The van der Waals surface area contributed by atoms with Crippen molar-refractivity contribution < 1.29 is 9.90 Å². The Morgan fingerprint density at radius 1 is 1.35 bits per heavy atom. The number of hydrogen-bond acceptors (Lipinski definition) is 5. The maximum absolute atomic E-state index is 11.0. The van der Waals surface area contributed by atoms with Gasteiger partial charge in [-0.15, -0.1) is 0 Å². The summed E-state index contributed by atoms with van der Waals surface area (Å²) >= 11 is 0. The van der Waals surface area contributed by atoms with E-state index < -0.39 is 12.0 Å². The Kier molecular flexibility index (Phi) is 4.43. The molecule has 0 bridgehead atoms. The molecule has 0 radical (unpaired) electrons. The second-order valence-electron chi connectivity index (χ2n) is 4.62. The molecule has 5 nitrogen and oxygen atoms in total. The summed E-state index contributed by atoms with van der Waals surface area (Å²) in [5.41, 5.74) is 1.61. The first-order valence-corrected chi connectivity index (χ1v) is 5.68. The van der Waals surface area contributed by atoms with E-state index >= 15 is 0 Å². The maximum Gasteiger partial charge on any atom is 0.223 e. The first-order valence-electron chi connectivity index (χ1n) is 5.68. The van der Waals surface area contributed by atoms with Gasteiger partial charge in [0.2, 0.25) is 5.95 Å². The third-order valence-electron chi connectivity index (χ3n) is 2.28. The smallest absolute Gasteiger partial charge is 0.223 e. The van der Waals surface area contributed by atoms with Crippen molar-refractivity contribution in [3.8, 4) is 0 Å². The molecular formula is C12H18N3O2-. The van der Waals surface area contributed by atoms with E-state index in [0.29, 0.717) is 12.4 Å². The van der Waals surface area contributed by atoms with Crippen molar-refractivity contribution in [1.82, 2.24) is 9.97 Å². The molecule has 0 spiro atoms. The number of carboxylic acids is 1. The zero-order valence-corrected chi connectivity index (χ0v) is 10.7. The van der Waals surface area contributed by atoms with Gasteiger partial charge in [-0.05, 0) is 32.3 Å². The molecule has 0 aromatic carbocycles. The molecule has 1 N–H and O–H groups in total. The van der Waals surface area contributed by atoms with E-state index in [1.807, 2.05) is 33.8 Å². The molecular weight excluding hydrogens is 218 g/mol.